The molecule has 3 aromatic carbocycles. The molecule has 0 bridgehead atoms. The van der Waals surface area contributed by atoms with E-state index >= 15 is 0 Å². The van der Waals surface area contributed by atoms with Gasteiger partial charge in [0.1, 0.15) is 11.6 Å². The number of imidazole rings is 1. The number of aromatic nitrogens is 2. The third-order valence-corrected chi connectivity index (χ3v) is 7.21. The maximum Gasteiger partial charge on any atom is 0.251 e. The smallest absolute Gasteiger partial charge is 0.251 e. The summed E-state index contributed by atoms with van der Waals surface area (Å²) in [5.74, 6) is 1.97. The van der Waals surface area contributed by atoms with Gasteiger partial charge in [0.05, 0.1) is 17.6 Å². The average Bonchev–Trinajstić information content (AvgIpc) is 3.24. The zero-order valence-corrected chi connectivity index (χ0v) is 22.8. The number of nitrogens with zero attached hydrogens (tertiary/aromatic N) is 2. The standard InChI is InChI=1S/C31H36ClN3O2/c1-22-13-15-25(16-14-22)31(36)33-17-8-4-5-12-29-34-27-10-6-7-11-28(27)35(29)18-9-19-37-26-20-23(2)30(32)24(3)21-26/h6-7,10-11,13-16,20-21H,4-5,8-9,12,17-19H2,1-3H3,(H,33,36). The molecule has 1 amide bonds. The topological polar surface area (TPSA) is 56.2 Å². The number of ether oxygens (including phenoxy) is 1. The van der Waals surface area contributed by atoms with E-state index in [2.05, 4.69) is 28.1 Å². The molecule has 5 nitrogen and oxygen atoms in total. The highest BCUT2D eigenvalue weighted by Gasteiger charge is 2.11. The summed E-state index contributed by atoms with van der Waals surface area (Å²) < 4.78 is 8.36. The summed E-state index contributed by atoms with van der Waals surface area (Å²) in [5.41, 5.74) is 6.14. The Morgan fingerprint density at radius 3 is 2.43 bits per heavy atom. The van der Waals surface area contributed by atoms with Gasteiger partial charge in [0.15, 0.2) is 0 Å². The van der Waals surface area contributed by atoms with Crippen molar-refractivity contribution in [1.82, 2.24) is 14.9 Å². The largest absolute Gasteiger partial charge is 0.494 e. The van der Waals surface area contributed by atoms with Crippen molar-refractivity contribution in [2.75, 3.05) is 13.2 Å². The molecule has 1 N–H and O–H groups in total. The van der Waals surface area contributed by atoms with Gasteiger partial charge in [-0.1, -0.05) is 47.9 Å². The first-order valence-corrected chi connectivity index (χ1v) is 13.5. The average molecular weight is 518 g/mol. The Labute approximate surface area is 224 Å². The summed E-state index contributed by atoms with van der Waals surface area (Å²) in [6, 6.07) is 20.0. The second-order valence-corrected chi connectivity index (χ2v) is 10.1. The fourth-order valence-electron chi connectivity index (χ4n) is 4.56. The van der Waals surface area contributed by atoms with Gasteiger partial charge >= 0.3 is 0 Å². The molecule has 4 rings (SSSR count). The van der Waals surface area contributed by atoms with Crippen molar-refractivity contribution in [2.45, 2.75) is 59.4 Å². The number of rotatable bonds is 12. The first-order valence-electron chi connectivity index (χ1n) is 13.1. The maximum absolute atomic E-state index is 12.3. The number of benzene rings is 3. The van der Waals surface area contributed by atoms with Gasteiger partial charge in [-0.3, -0.25) is 4.79 Å². The summed E-state index contributed by atoms with van der Waals surface area (Å²) in [7, 11) is 0. The number of fused-ring (bicyclic) bond motifs is 1. The van der Waals surface area contributed by atoms with Crippen LogP contribution in [0.3, 0.4) is 0 Å². The van der Waals surface area contributed by atoms with E-state index < -0.39 is 0 Å². The van der Waals surface area contributed by atoms with Crippen LogP contribution in [0.4, 0.5) is 0 Å². The number of unbranched alkanes of at least 4 members (excludes halogenated alkanes) is 2. The van der Waals surface area contributed by atoms with E-state index in [1.165, 1.54) is 5.52 Å². The molecule has 0 spiro atoms. The Balaban J connectivity index is 1.25. The van der Waals surface area contributed by atoms with Crippen LogP contribution in [0.2, 0.25) is 5.02 Å². The highest BCUT2D eigenvalue weighted by Crippen LogP contribution is 2.26. The fraction of sp³-hybridized carbons (Fsp3) is 0.355. The predicted octanol–water partition coefficient (Wildman–Crippen LogP) is 7.23. The lowest BCUT2D eigenvalue weighted by Crippen LogP contribution is -2.24. The van der Waals surface area contributed by atoms with E-state index in [1.54, 1.807) is 0 Å². The van der Waals surface area contributed by atoms with Crippen LogP contribution >= 0.6 is 11.6 Å². The van der Waals surface area contributed by atoms with Crippen molar-refractivity contribution < 1.29 is 9.53 Å². The quantitative estimate of drug-likeness (QED) is 0.202. The number of aryl methyl sites for hydroxylation is 5. The van der Waals surface area contributed by atoms with Crippen LogP contribution in [-0.2, 0) is 13.0 Å². The zero-order valence-electron chi connectivity index (χ0n) is 22.0. The Bertz CT molecular complexity index is 1320. The maximum atomic E-state index is 12.3. The van der Waals surface area contributed by atoms with Gasteiger partial charge in [0, 0.05) is 30.1 Å². The summed E-state index contributed by atoms with van der Waals surface area (Å²) in [6.07, 6.45) is 4.82. The highest BCUT2D eigenvalue weighted by atomic mass is 35.5. The van der Waals surface area contributed by atoms with Crippen molar-refractivity contribution in [2.24, 2.45) is 0 Å². The summed E-state index contributed by atoms with van der Waals surface area (Å²) in [5, 5.41) is 3.83. The van der Waals surface area contributed by atoms with Crippen molar-refractivity contribution in [3.8, 4) is 5.75 Å². The number of halogens is 1. The molecule has 0 radical (unpaired) electrons. The van der Waals surface area contributed by atoms with Crippen LogP contribution < -0.4 is 10.1 Å². The van der Waals surface area contributed by atoms with Gasteiger partial charge in [-0.2, -0.15) is 0 Å². The summed E-state index contributed by atoms with van der Waals surface area (Å²) >= 11 is 6.28. The minimum Gasteiger partial charge on any atom is -0.494 e. The highest BCUT2D eigenvalue weighted by molar-refractivity contribution is 6.32. The van der Waals surface area contributed by atoms with Crippen molar-refractivity contribution in [1.29, 1.82) is 0 Å². The molecule has 0 unspecified atom stereocenters. The van der Waals surface area contributed by atoms with Crippen LogP contribution in [-0.4, -0.2) is 28.6 Å². The third-order valence-electron chi connectivity index (χ3n) is 6.61. The van der Waals surface area contributed by atoms with E-state index in [1.807, 2.05) is 63.2 Å². The Morgan fingerprint density at radius 2 is 1.68 bits per heavy atom. The summed E-state index contributed by atoms with van der Waals surface area (Å²) in [4.78, 5) is 17.2. The molecule has 6 heteroatoms. The minimum atomic E-state index is -0.00654. The lowest BCUT2D eigenvalue weighted by molar-refractivity contribution is 0.0953. The Hall–Kier alpha value is -3.31. The molecule has 0 atom stereocenters. The molecule has 37 heavy (non-hydrogen) atoms. The number of carbonyl (C=O) groups excluding carboxylic acids is 1. The van der Waals surface area contributed by atoms with E-state index in [9.17, 15) is 4.79 Å². The second kappa shape index (κ2) is 12.8. The number of hydrogen-bond acceptors (Lipinski definition) is 3. The molecule has 0 aliphatic heterocycles. The molecule has 0 fully saturated rings. The van der Waals surface area contributed by atoms with Crippen LogP contribution in [0.25, 0.3) is 11.0 Å². The van der Waals surface area contributed by atoms with Crippen molar-refractivity contribution in [3.63, 3.8) is 0 Å². The monoisotopic (exact) mass is 517 g/mol. The van der Waals surface area contributed by atoms with E-state index in [0.717, 1.165) is 77.5 Å². The molecule has 194 valence electrons. The summed E-state index contributed by atoms with van der Waals surface area (Å²) in [6.45, 7) is 8.20. The van der Waals surface area contributed by atoms with Gasteiger partial charge in [-0.05, 0) is 87.6 Å². The van der Waals surface area contributed by atoms with E-state index in [4.69, 9.17) is 21.3 Å². The normalized spacial score (nSPS) is 11.1. The van der Waals surface area contributed by atoms with Crippen LogP contribution in [0.1, 0.15) is 58.6 Å². The lowest BCUT2D eigenvalue weighted by atomic mass is 10.1. The first-order chi connectivity index (χ1) is 17.9. The molecule has 0 saturated carbocycles. The number of para-hydroxylation sites is 2. The first kappa shape index (κ1) is 26.7. The number of nitrogens with one attached hydrogen (secondary N) is 1. The third kappa shape index (κ3) is 7.14. The Morgan fingerprint density at radius 1 is 0.946 bits per heavy atom. The predicted molar refractivity (Wildman–Crippen MR) is 152 cm³/mol. The molecular formula is C31H36ClN3O2. The van der Waals surface area contributed by atoms with Crippen molar-refractivity contribution in [3.05, 3.63) is 93.8 Å². The minimum absolute atomic E-state index is 0.00654. The SMILES string of the molecule is Cc1ccc(C(=O)NCCCCCc2nc3ccccc3n2CCCOc2cc(C)c(Cl)c(C)c2)cc1. The van der Waals surface area contributed by atoms with Crippen LogP contribution in [0, 0.1) is 20.8 Å². The molecule has 0 aliphatic rings. The van der Waals surface area contributed by atoms with Gasteiger partial charge < -0.3 is 14.6 Å². The van der Waals surface area contributed by atoms with Gasteiger partial charge in [-0.15, -0.1) is 0 Å². The molecular weight excluding hydrogens is 482 g/mol. The molecule has 4 aromatic rings. The van der Waals surface area contributed by atoms with Gasteiger partial charge in [0.2, 0.25) is 0 Å². The number of hydrogen-bond donors (Lipinski definition) is 1. The molecule has 1 aromatic heterocycles. The Kier molecular flexibility index (Phi) is 9.24. The number of amides is 1. The van der Waals surface area contributed by atoms with Gasteiger partial charge in [-0.25, -0.2) is 4.98 Å². The molecule has 0 saturated heterocycles. The molecule has 0 aliphatic carbocycles. The molecule has 1 heterocycles. The van der Waals surface area contributed by atoms with E-state index in [0.29, 0.717) is 18.7 Å². The fourth-order valence-corrected chi connectivity index (χ4v) is 4.67. The van der Waals surface area contributed by atoms with Crippen LogP contribution in [0.5, 0.6) is 5.75 Å². The van der Waals surface area contributed by atoms with Crippen LogP contribution in [0.15, 0.2) is 60.7 Å². The zero-order chi connectivity index (χ0) is 26.2. The lowest BCUT2D eigenvalue weighted by Gasteiger charge is -2.12. The second-order valence-electron chi connectivity index (χ2n) is 9.67. The van der Waals surface area contributed by atoms with E-state index in [-0.39, 0.29) is 5.91 Å². The van der Waals surface area contributed by atoms with Crippen molar-refractivity contribution >= 4 is 28.5 Å². The number of carbonyl (C=O) groups is 1. The van der Waals surface area contributed by atoms with Gasteiger partial charge in [0.25, 0.3) is 5.91 Å².